The third kappa shape index (κ3) is 4.21. The van der Waals surface area contributed by atoms with E-state index >= 15 is 0 Å². The molecule has 0 spiro atoms. The first-order valence-corrected chi connectivity index (χ1v) is 6.13. The molecule has 1 saturated heterocycles. The van der Waals surface area contributed by atoms with E-state index in [9.17, 15) is 9.59 Å². The Morgan fingerprint density at radius 1 is 1.17 bits per heavy atom. The first-order chi connectivity index (χ1) is 8.54. The van der Waals surface area contributed by atoms with E-state index in [1.807, 2.05) is 19.9 Å². The van der Waals surface area contributed by atoms with Gasteiger partial charge in [-0.1, -0.05) is 5.57 Å². The minimum atomic E-state index is -0.144. The lowest BCUT2D eigenvalue weighted by atomic mass is 10.3. The fourth-order valence-corrected chi connectivity index (χ4v) is 1.90. The number of nitriles is 1. The Kier molecular flexibility index (Phi) is 5.37. The van der Waals surface area contributed by atoms with E-state index in [0.717, 1.165) is 12.0 Å². The zero-order chi connectivity index (χ0) is 13.5. The Morgan fingerprint density at radius 2 is 1.78 bits per heavy atom. The molecule has 0 aliphatic carbocycles. The van der Waals surface area contributed by atoms with Gasteiger partial charge in [-0.2, -0.15) is 5.26 Å². The smallest absolute Gasteiger partial charge is 0.246 e. The van der Waals surface area contributed by atoms with Gasteiger partial charge in [0.1, 0.15) is 6.42 Å². The summed E-state index contributed by atoms with van der Waals surface area (Å²) >= 11 is 0. The zero-order valence-electron chi connectivity index (χ0n) is 11.0. The normalized spacial score (nSPS) is 15.6. The van der Waals surface area contributed by atoms with E-state index in [1.54, 1.807) is 15.9 Å². The molecule has 0 bridgehead atoms. The Hall–Kier alpha value is -1.83. The first kappa shape index (κ1) is 14.2. The van der Waals surface area contributed by atoms with Gasteiger partial charge in [0.15, 0.2) is 0 Å². The molecule has 18 heavy (non-hydrogen) atoms. The summed E-state index contributed by atoms with van der Waals surface area (Å²) in [6.45, 7) is 6.12. The van der Waals surface area contributed by atoms with Gasteiger partial charge in [0.25, 0.3) is 0 Å². The van der Waals surface area contributed by atoms with Gasteiger partial charge in [-0.3, -0.25) is 9.59 Å². The van der Waals surface area contributed by atoms with Crippen LogP contribution in [0, 0.1) is 11.3 Å². The van der Waals surface area contributed by atoms with Gasteiger partial charge >= 0.3 is 0 Å². The molecule has 0 unspecified atom stereocenters. The lowest BCUT2D eigenvalue weighted by molar-refractivity contribution is -0.131. The average Bonchev–Trinajstić information content (AvgIpc) is 2.53. The second-order valence-corrected chi connectivity index (χ2v) is 4.62. The summed E-state index contributed by atoms with van der Waals surface area (Å²) in [6.07, 6.45) is 2.30. The van der Waals surface area contributed by atoms with Crippen molar-refractivity contribution < 1.29 is 9.59 Å². The van der Waals surface area contributed by atoms with Crippen LogP contribution in [0.5, 0.6) is 0 Å². The number of hydrogen-bond acceptors (Lipinski definition) is 3. The maximum absolute atomic E-state index is 11.9. The van der Waals surface area contributed by atoms with Crippen LogP contribution in [0.4, 0.5) is 0 Å². The zero-order valence-corrected chi connectivity index (χ0v) is 11.0. The van der Waals surface area contributed by atoms with Gasteiger partial charge in [-0.15, -0.1) is 0 Å². The molecule has 5 heteroatoms. The topological polar surface area (TPSA) is 64.4 Å². The molecular formula is C13H19N3O2. The fraction of sp³-hybridized carbons (Fsp3) is 0.615. The summed E-state index contributed by atoms with van der Waals surface area (Å²) in [5.74, 6) is -0.140. The van der Waals surface area contributed by atoms with Crippen LogP contribution in [0.2, 0.25) is 0 Å². The Labute approximate surface area is 108 Å². The maximum atomic E-state index is 11.9. The molecule has 0 atom stereocenters. The molecule has 1 heterocycles. The SMILES string of the molecule is CC(C)=CC(=O)N1CCCN(C(=O)CC#N)CC1. The van der Waals surface area contributed by atoms with Crippen LogP contribution in [-0.2, 0) is 9.59 Å². The summed E-state index contributed by atoms with van der Waals surface area (Å²) in [5.41, 5.74) is 0.974. The van der Waals surface area contributed by atoms with Crippen molar-refractivity contribution in [2.75, 3.05) is 26.2 Å². The van der Waals surface area contributed by atoms with Crippen molar-refractivity contribution in [2.24, 2.45) is 0 Å². The molecule has 1 aliphatic heterocycles. The monoisotopic (exact) mass is 249 g/mol. The summed E-state index contributed by atoms with van der Waals surface area (Å²) in [4.78, 5) is 26.9. The molecule has 0 N–H and O–H groups in total. The number of hydrogen-bond donors (Lipinski definition) is 0. The molecule has 0 aromatic heterocycles. The molecule has 2 amide bonds. The first-order valence-electron chi connectivity index (χ1n) is 6.13. The van der Waals surface area contributed by atoms with Crippen LogP contribution < -0.4 is 0 Å². The van der Waals surface area contributed by atoms with E-state index in [-0.39, 0.29) is 18.2 Å². The molecule has 0 aromatic carbocycles. The number of rotatable bonds is 2. The highest BCUT2D eigenvalue weighted by atomic mass is 16.2. The largest absolute Gasteiger partial charge is 0.340 e. The molecule has 0 aromatic rings. The third-order valence-electron chi connectivity index (χ3n) is 2.80. The van der Waals surface area contributed by atoms with Crippen LogP contribution in [0.3, 0.4) is 0 Å². The van der Waals surface area contributed by atoms with E-state index < -0.39 is 0 Å². The highest BCUT2D eigenvalue weighted by Gasteiger charge is 2.20. The van der Waals surface area contributed by atoms with Crippen molar-refractivity contribution in [2.45, 2.75) is 26.7 Å². The number of amides is 2. The second-order valence-electron chi connectivity index (χ2n) is 4.62. The van der Waals surface area contributed by atoms with Crippen molar-refractivity contribution in [3.05, 3.63) is 11.6 Å². The van der Waals surface area contributed by atoms with Crippen LogP contribution in [0.1, 0.15) is 26.7 Å². The Balaban J connectivity index is 2.56. The van der Waals surface area contributed by atoms with Crippen molar-refractivity contribution in [1.82, 2.24) is 9.80 Å². The van der Waals surface area contributed by atoms with Crippen molar-refractivity contribution in [3.8, 4) is 6.07 Å². The van der Waals surface area contributed by atoms with E-state index in [0.29, 0.717) is 26.2 Å². The highest BCUT2D eigenvalue weighted by Crippen LogP contribution is 2.06. The minimum Gasteiger partial charge on any atom is -0.340 e. The summed E-state index contributed by atoms with van der Waals surface area (Å²) < 4.78 is 0. The lowest BCUT2D eigenvalue weighted by Gasteiger charge is -2.20. The van der Waals surface area contributed by atoms with Gasteiger partial charge < -0.3 is 9.80 Å². The van der Waals surface area contributed by atoms with Crippen LogP contribution in [0.25, 0.3) is 0 Å². The van der Waals surface area contributed by atoms with Crippen molar-refractivity contribution in [1.29, 1.82) is 5.26 Å². The molecule has 1 aliphatic rings. The van der Waals surface area contributed by atoms with Gasteiger partial charge in [-0.25, -0.2) is 0 Å². The van der Waals surface area contributed by atoms with Gasteiger partial charge in [0.2, 0.25) is 11.8 Å². The maximum Gasteiger partial charge on any atom is 0.246 e. The summed E-state index contributed by atoms with van der Waals surface area (Å²) in [6, 6.07) is 1.86. The Morgan fingerprint density at radius 3 is 2.39 bits per heavy atom. The van der Waals surface area contributed by atoms with Gasteiger partial charge in [0, 0.05) is 32.3 Å². The van der Waals surface area contributed by atoms with Crippen molar-refractivity contribution >= 4 is 11.8 Å². The molecule has 0 radical (unpaired) electrons. The van der Waals surface area contributed by atoms with E-state index in [2.05, 4.69) is 0 Å². The lowest BCUT2D eigenvalue weighted by Crippen LogP contribution is -2.36. The van der Waals surface area contributed by atoms with Crippen molar-refractivity contribution in [3.63, 3.8) is 0 Å². The number of carbonyl (C=O) groups excluding carboxylic acids is 2. The van der Waals surface area contributed by atoms with E-state index in [4.69, 9.17) is 5.26 Å². The second kappa shape index (κ2) is 6.80. The fourth-order valence-electron chi connectivity index (χ4n) is 1.90. The minimum absolute atomic E-state index is 0.00424. The van der Waals surface area contributed by atoms with Crippen LogP contribution in [-0.4, -0.2) is 47.8 Å². The summed E-state index contributed by atoms with van der Waals surface area (Å²) in [5, 5.41) is 8.51. The molecule has 5 nitrogen and oxygen atoms in total. The highest BCUT2D eigenvalue weighted by molar-refractivity contribution is 5.88. The predicted octanol–water partition coefficient (Wildman–Crippen LogP) is 0.927. The molecule has 1 rings (SSSR count). The predicted molar refractivity (Wildman–Crippen MR) is 67.4 cm³/mol. The van der Waals surface area contributed by atoms with Crippen LogP contribution in [0.15, 0.2) is 11.6 Å². The molecule has 1 fully saturated rings. The Bertz CT molecular complexity index is 392. The van der Waals surface area contributed by atoms with Gasteiger partial charge in [-0.05, 0) is 20.3 Å². The third-order valence-corrected chi connectivity index (χ3v) is 2.80. The molecule has 0 saturated carbocycles. The summed E-state index contributed by atoms with van der Waals surface area (Å²) in [7, 11) is 0. The number of carbonyl (C=O) groups is 2. The van der Waals surface area contributed by atoms with E-state index in [1.165, 1.54) is 0 Å². The quantitative estimate of drug-likeness (QED) is 0.684. The average molecular weight is 249 g/mol. The number of nitrogens with zero attached hydrogens (tertiary/aromatic N) is 3. The number of allylic oxidation sites excluding steroid dienone is 1. The van der Waals surface area contributed by atoms with Crippen LogP contribution >= 0.6 is 0 Å². The standard InChI is InChI=1S/C13H19N3O2/c1-11(2)10-13(18)16-7-3-6-15(8-9-16)12(17)4-5-14/h10H,3-4,6-9H2,1-2H3. The van der Waals surface area contributed by atoms with Gasteiger partial charge in [0.05, 0.1) is 6.07 Å². The molecule has 98 valence electrons. The molecular weight excluding hydrogens is 230 g/mol.